The largest absolute Gasteiger partial charge is 0.491 e. The number of aromatic nitrogens is 3. The Balaban J connectivity index is 1.66. The first-order valence-electron chi connectivity index (χ1n) is 8.86. The van der Waals surface area contributed by atoms with Gasteiger partial charge in [0, 0.05) is 24.4 Å². The predicted octanol–water partition coefficient (Wildman–Crippen LogP) is 4.28. The van der Waals surface area contributed by atoms with E-state index in [9.17, 15) is 18.0 Å². The van der Waals surface area contributed by atoms with E-state index in [2.05, 4.69) is 15.3 Å². The van der Waals surface area contributed by atoms with E-state index < -0.39 is 17.8 Å². The van der Waals surface area contributed by atoms with Crippen LogP contribution in [0.5, 0.6) is 5.75 Å². The van der Waals surface area contributed by atoms with E-state index in [1.807, 2.05) is 6.20 Å². The molecule has 3 heterocycles. The number of anilines is 1. The molecule has 0 radical (unpaired) electrons. The van der Waals surface area contributed by atoms with Crippen LogP contribution in [0.1, 0.15) is 47.6 Å². The van der Waals surface area contributed by atoms with E-state index in [0.717, 1.165) is 30.7 Å². The van der Waals surface area contributed by atoms with Crippen LogP contribution in [0.2, 0.25) is 0 Å². The number of rotatable bonds is 5. The van der Waals surface area contributed by atoms with Gasteiger partial charge in [0.05, 0.1) is 12.3 Å². The standard InChI is InChI=1S/C19H17F3N4O2/c1-2-28-15-8-17-24-13(11-6-7-11)9-26(17)10-14(15)25-18(27)12-4-3-5-16(23-12)19(20,21)22/h3-5,8-11H,2,6-7H2,1H3,(H,25,27). The monoisotopic (exact) mass is 390 g/mol. The van der Waals surface area contributed by atoms with Crippen LogP contribution < -0.4 is 10.1 Å². The van der Waals surface area contributed by atoms with Gasteiger partial charge in [-0.2, -0.15) is 13.2 Å². The van der Waals surface area contributed by atoms with Crippen LogP contribution in [0, 0.1) is 0 Å². The molecule has 4 rings (SSSR count). The topological polar surface area (TPSA) is 68.5 Å². The lowest BCUT2D eigenvalue weighted by atomic mass is 10.2. The van der Waals surface area contributed by atoms with Crippen molar-refractivity contribution >= 4 is 17.2 Å². The van der Waals surface area contributed by atoms with Crippen LogP contribution in [0.4, 0.5) is 18.9 Å². The molecule has 0 spiro atoms. The molecule has 0 bridgehead atoms. The fourth-order valence-corrected chi connectivity index (χ4v) is 2.89. The van der Waals surface area contributed by atoms with Crippen molar-refractivity contribution in [1.82, 2.24) is 14.4 Å². The van der Waals surface area contributed by atoms with Crippen LogP contribution in [0.3, 0.4) is 0 Å². The van der Waals surface area contributed by atoms with E-state index in [1.54, 1.807) is 23.6 Å². The van der Waals surface area contributed by atoms with Crippen molar-refractivity contribution in [3.8, 4) is 5.75 Å². The second kappa shape index (κ2) is 6.81. The van der Waals surface area contributed by atoms with Gasteiger partial charge in [-0.3, -0.25) is 4.79 Å². The van der Waals surface area contributed by atoms with Gasteiger partial charge in [-0.05, 0) is 31.9 Å². The normalized spacial score (nSPS) is 14.3. The Bertz CT molecular complexity index is 1040. The van der Waals surface area contributed by atoms with Crippen molar-refractivity contribution in [2.75, 3.05) is 11.9 Å². The summed E-state index contributed by atoms with van der Waals surface area (Å²) in [6.07, 6.45) is 1.12. The summed E-state index contributed by atoms with van der Waals surface area (Å²) >= 11 is 0. The molecule has 0 saturated heterocycles. The molecule has 0 aromatic carbocycles. The lowest BCUT2D eigenvalue weighted by Gasteiger charge is -2.12. The summed E-state index contributed by atoms with van der Waals surface area (Å²) in [6, 6.07) is 4.89. The third-order valence-corrected chi connectivity index (χ3v) is 4.39. The maximum atomic E-state index is 12.8. The second-order valence-corrected chi connectivity index (χ2v) is 6.55. The Morgan fingerprint density at radius 3 is 2.75 bits per heavy atom. The Kier molecular flexibility index (Phi) is 4.44. The number of hydrogen-bond acceptors (Lipinski definition) is 4. The van der Waals surface area contributed by atoms with Crippen molar-refractivity contribution in [3.63, 3.8) is 0 Å². The number of carbonyl (C=O) groups is 1. The van der Waals surface area contributed by atoms with E-state index >= 15 is 0 Å². The number of hydrogen-bond donors (Lipinski definition) is 1. The zero-order valence-electron chi connectivity index (χ0n) is 15.0. The number of nitrogens with one attached hydrogen (secondary N) is 1. The Labute approximate surface area is 158 Å². The molecule has 28 heavy (non-hydrogen) atoms. The predicted molar refractivity (Wildman–Crippen MR) is 95.5 cm³/mol. The van der Waals surface area contributed by atoms with Crippen molar-refractivity contribution in [2.24, 2.45) is 0 Å². The third-order valence-electron chi connectivity index (χ3n) is 4.39. The highest BCUT2D eigenvalue weighted by Crippen LogP contribution is 2.40. The molecular formula is C19H17F3N4O2. The second-order valence-electron chi connectivity index (χ2n) is 6.55. The Morgan fingerprint density at radius 2 is 2.07 bits per heavy atom. The number of alkyl halides is 3. The average Bonchev–Trinajstić information content (AvgIpc) is 3.42. The summed E-state index contributed by atoms with van der Waals surface area (Å²) in [6.45, 7) is 2.16. The summed E-state index contributed by atoms with van der Waals surface area (Å²) in [4.78, 5) is 20.5. The summed E-state index contributed by atoms with van der Waals surface area (Å²) in [5.74, 6) is 0.0972. The number of halogens is 3. The van der Waals surface area contributed by atoms with Crippen molar-refractivity contribution in [2.45, 2.75) is 31.9 Å². The van der Waals surface area contributed by atoms with E-state index in [1.165, 1.54) is 6.07 Å². The first-order chi connectivity index (χ1) is 13.3. The van der Waals surface area contributed by atoms with E-state index in [-0.39, 0.29) is 5.69 Å². The number of pyridine rings is 2. The van der Waals surface area contributed by atoms with Crippen LogP contribution in [0.25, 0.3) is 5.65 Å². The summed E-state index contributed by atoms with van der Waals surface area (Å²) in [5.41, 5.74) is 0.537. The zero-order chi connectivity index (χ0) is 19.9. The van der Waals surface area contributed by atoms with Gasteiger partial charge in [0.25, 0.3) is 5.91 Å². The van der Waals surface area contributed by atoms with Gasteiger partial charge in [0.1, 0.15) is 28.5 Å². The van der Waals surface area contributed by atoms with Crippen LogP contribution in [-0.4, -0.2) is 26.9 Å². The number of ether oxygens (including phenoxy) is 1. The number of nitrogens with zero attached hydrogens (tertiary/aromatic N) is 3. The quantitative estimate of drug-likeness (QED) is 0.706. The number of imidazole rings is 1. The number of amides is 1. The zero-order valence-corrected chi connectivity index (χ0v) is 15.0. The number of carbonyl (C=O) groups excluding carboxylic acids is 1. The molecule has 1 aliphatic rings. The molecule has 3 aromatic heterocycles. The molecule has 3 aromatic rings. The van der Waals surface area contributed by atoms with Gasteiger partial charge in [-0.25, -0.2) is 9.97 Å². The third kappa shape index (κ3) is 3.64. The van der Waals surface area contributed by atoms with Gasteiger partial charge in [-0.15, -0.1) is 0 Å². The van der Waals surface area contributed by atoms with Gasteiger partial charge < -0.3 is 14.5 Å². The smallest absolute Gasteiger partial charge is 0.433 e. The summed E-state index contributed by atoms with van der Waals surface area (Å²) in [5, 5.41) is 2.59. The van der Waals surface area contributed by atoms with Crippen LogP contribution >= 0.6 is 0 Å². The molecule has 1 amide bonds. The minimum absolute atomic E-state index is 0.332. The minimum atomic E-state index is -4.62. The number of fused-ring (bicyclic) bond motifs is 1. The fraction of sp³-hybridized carbons (Fsp3) is 0.316. The average molecular weight is 390 g/mol. The lowest BCUT2D eigenvalue weighted by molar-refractivity contribution is -0.141. The molecule has 1 N–H and O–H groups in total. The molecule has 6 nitrogen and oxygen atoms in total. The molecule has 1 aliphatic carbocycles. The Morgan fingerprint density at radius 1 is 1.29 bits per heavy atom. The molecule has 0 unspecified atom stereocenters. The SMILES string of the molecule is CCOc1cc2nc(C3CC3)cn2cc1NC(=O)c1cccc(C(F)(F)F)n1. The molecule has 0 aliphatic heterocycles. The van der Waals surface area contributed by atoms with E-state index in [0.29, 0.717) is 29.6 Å². The van der Waals surface area contributed by atoms with Crippen molar-refractivity contribution in [3.05, 3.63) is 53.7 Å². The Hall–Kier alpha value is -3.10. The first-order valence-corrected chi connectivity index (χ1v) is 8.86. The highest BCUT2D eigenvalue weighted by molar-refractivity contribution is 6.03. The maximum absolute atomic E-state index is 12.8. The molecule has 0 atom stereocenters. The van der Waals surface area contributed by atoms with Crippen LogP contribution in [0.15, 0.2) is 36.7 Å². The minimum Gasteiger partial charge on any atom is -0.491 e. The maximum Gasteiger partial charge on any atom is 0.433 e. The molecule has 9 heteroatoms. The van der Waals surface area contributed by atoms with Gasteiger partial charge in [0.15, 0.2) is 0 Å². The first kappa shape index (κ1) is 18.3. The highest BCUT2D eigenvalue weighted by atomic mass is 19.4. The fourth-order valence-electron chi connectivity index (χ4n) is 2.89. The van der Waals surface area contributed by atoms with Gasteiger partial charge in [0.2, 0.25) is 0 Å². The van der Waals surface area contributed by atoms with Gasteiger partial charge in [-0.1, -0.05) is 6.07 Å². The van der Waals surface area contributed by atoms with Crippen molar-refractivity contribution in [1.29, 1.82) is 0 Å². The van der Waals surface area contributed by atoms with Gasteiger partial charge >= 0.3 is 6.18 Å². The lowest BCUT2D eigenvalue weighted by Crippen LogP contribution is -2.17. The van der Waals surface area contributed by atoms with Crippen molar-refractivity contribution < 1.29 is 22.7 Å². The molecule has 1 saturated carbocycles. The molecule has 146 valence electrons. The van der Waals surface area contributed by atoms with E-state index in [4.69, 9.17) is 4.74 Å². The van der Waals surface area contributed by atoms with Crippen LogP contribution in [-0.2, 0) is 6.18 Å². The molecule has 1 fully saturated rings. The summed E-state index contributed by atoms with van der Waals surface area (Å²) < 4.78 is 45.9. The highest BCUT2D eigenvalue weighted by Gasteiger charge is 2.33. The molecular weight excluding hydrogens is 373 g/mol. The summed E-state index contributed by atoms with van der Waals surface area (Å²) in [7, 11) is 0.